The SMILES string of the molecule is N#Cc1c(Nc2nc(Nc3cnn(C4CCNCC4)c3)ncc2Cl)cccc1OCc1ccccc1F. The first-order chi connectivity index (χ1) is 18.1. The number of benzene rings is 2. The molecule has 0 saturated carbocycles. The van der Waals surface area contributed by atoms with Crippen LogP contribution in [-0.2, 0) is 6.61 Å². The highest BCUT2D eigenvalue weighted by molar-refractivity contribution is 6.32. The van der Waals surface area contributed by atoms with Gasteiger partial charge in [-0.15, -0.1) is 0 Å². The van der Waals surface area contributed by atoms with E-state index in [1.807, 2.05) is 10.9 Å². The van der Waals surface area contributed by atoms with Crippen LogP contribution >= 0.6 is 11.6 Å². The normalized spacial score (nSPS) is 13.6. The molecule has 1 aliphatic heterocycles. The van der Waals surface area contributed by atoms with E-state index < -0.39 is 0 Å². The topological polar surface area (TPSA) is 113 Å². The third-order valence-electron chi connectivity index (χ3n) is 6.02. The van der Waals surface area contributed by atoms with Crippen molar-refractivity contribution in [3.63, 3.8) is 0 Å². The Bertz CT molecular complexity index is 1430. The number of hydrogen-bond donors (Lipinski definition) is 3. The lowest BCUT2D eigenvalue weighted by Gasteiger charge is -2.22. The van der Waals surface area contributed by atoms with Gasteiger partial charge in [0.25, 0.3) is 0 Å². The molecule has 0 atom stereocenters. The average Bonchev–Trinajstić information content (AvgIpc) is 3.39. The monoisotopic (exact) mass is 518 g/mol. The maximum Gasteiger partial charge on any atom is 0.229 e. The minimum atomic E-state index is -0.371. The standard InChI is InChI=1S/C26H24ClFN8O/c27-21-14-31-26(33-18-13-32-36(15-18)19-8-10-30-11-9-19)35-25(21)34-23-6-3-7-24(20(23)12-29)37-16-17-4-1-2-5-22(17)28/h1-7,13-15,19,30H,8-11,16H2,(H2,31,33,34,35). The minimum Gasteiger partial charge on any atom is -0.487 e. The molecule has 9 nitrogen and oxygen atoms in total. The summed E-state index contributed by atoms with van der Waals surface area (Å²) in [6, 6.07) is 13.9. The fourth-order valence-corrected chi connectivity index (χ4v) is 4.23. The van der Waals surface area contributed by atoms with Crippen LogP contribution in [0.5, 0.6) is 5.75 Å². The van der Waals surface area contributed by atoms with Gasteiger partial charge < -0.3 is 20.7 Å². The molecule has 4 aromatic rings. The molecule has 37 heavy (non-hydrogen) atoms. The molecule has 1 saturated heterocycles. The van der Waals surface area contributed by atoms with E-state index in [-0.39, 0.29) is 23.0 Å². The van der Waals surface area contributed by atoms with Crippen molar-refractivity contribution in [1.29, 1.82) is 5.26 Å². The molecule has 188 valence electrons. The van der Waals surface area contributed by atoms with Crippen LogP contribution in [0.2, 0.25) is 5.02 Å². The van der Waals surface area contributed by atoms with Crippen LogP contribution in [0.4, 0.5) is 27.5 Å². The lowest BCUT2D eigenvalue weighted by molar-refractivity contribution is 0.299. The second-order valence-corrected chi connectivity index (χ2v) is 8.91. The number of aromatic nitrogens is 4. The quantitative estimate of drug-likeness (QED) is 0.287. The third-order valence-corrected chi connectivity index (χ3v) is 6.29. The third kappa shape index (κ3) is 5.80. The Labute approximate surface area is 218 Å². The largest absolute Gasteiger partial charge is 0.487 e. The van der Waals surface area contributed by atoms with E-state index in [0.717, 1.165) is 31.6 Å². The van der Waals surface area contributed by atoms with Crippen LogP contribution in [-0.4, -0.2) is 32.8 Å². The summed E-state index contributed by atoms with van der Waals surface area (Å²) >= 11 is 6.36. The summed E-state index contributed by atoms with van der Waals surface area (Å²) in [6.45, 7) is 1.93. The molecule has 0 unspecified atom stereocenters. The summed E-state index contributed by atoms with van der Waals surface area (Å²) in [4.78, 5) is 8.75. The van der Waals surface area contributed by atoms with Crippen molar-refractivity contribution in [3.8, 4) is 11.8 Å². The van der Waals surface area contributed by atoms with Crippen molar-refractivity contribution in [2.24, 2.45) is 0 Å². The van der Waals surface area contributed by atoms with Gasteiger partial charge in [-0.1, -0.05) is 35.9 Å². The Morgan fingerprint density at radius 3 is 2.78 bits per heavy atom. The first-order valence-corrected chi connectivity index (χ1v) is 12.2. The van der Waals surface area contributed by atoms with Gasteiger partial charge in [-0.3, -0.25) is 4.68 Å². The number of nitrogens with one attached hydrogen (secondary N) is 3. The molecule has 0 bridgehead atoms. The Balaban J connectivity index is 1.32. The minimum absolute atomic E-state index is 0.0157. The van der Waals surface area contributed by atoms with Crippen LogP contribution in [0.25, 0.3) is 0 Å². The number of nitrogens with zero attached hydrogens (tertiary/aromatic N) is 5. The second-order valence-electron chi connectivity index (χ2n) is 8.50. The molecule has 0 radical (unpaired) electrons. The van der Waals surface area contributed by atoms with Gasteiger partial charge in [-0.05, 0) is 44.1 Å². The summed E-state index contributed by atoms with van der Waals surface area (Å²) in [5.74, 6) is 0.573. The predicted octanol–water partition coefficient (Wildman–Crippen LogP) is 5.33. The molecule has 2 aromatic carbocycles. The smallest absolute Gasteiger partial charge is 0.229 e. The summed E-state index contributed by atoms with van der Waals surface area (Å²) in [5, 5.41) is 24.2. The first-order valence-electron chi connectivity index (χ1n) is 11.8. The molecule has 11 heteroatoms. The summed E-state index contributed by atoms with van der Waals surface area (Å²) in [7, 11) is 0. The van der Waals surface area contributed by atoms with E-state index in [1.165, 1.54) is 12.3 Å². The van der Waals surface area contributed by atoms with Crippen molar-refractivity contribution in [2.45, 2.75) is 25.5 Å². The number of halogens is 2. The van der Waals surface area contributed by atoms with Gasteiger partial charge in [-0.2, -0.15) is 15.3 Å². The van der Waals surface area contributed by atoms with E-state index in [9.17, 15) is 9.65 Å². The molecule has 3 N–H and O–H groups in total. The number of nitriles is 1. The highest BCUT2D eigenvalue weighted by atomic mass is 35.5. The zero-order chi connectivity index (χ0) is 25.6. The Morgan fingerprint density at radius 1 is 1.14 bits per heavy atom. The summed E-state index contributed by atoms with van der Waals surface area (Å²) in [6.07, 6.45) is 7.19. The maximum atomic E-state index is 14.0. The van der Waals surface area contributed by atoms with Crippen molar-refractivity contribution < 1.29 is 9.13 Å². The van der Waals surface area contributed by atoms with Crippen LogP contribution in [0, 0.1) is 17.1 Å². The lowest BCUT2D eigenvalue weighted by atomic mass is 10.1. The fraction of sp³-hybridized carbons (Fsp3) is 0.231. The van der Waals surface area contributed by atoms with E-state index >= 15 is 0 Å². The average molecular weight is 519 g/mol. The molecule has 2 aromatic heterocycles. The highest BCUT2D eigenvalue weighted by Crippen LogP contribution is 2.31. The molecule has 1 aliphatic rings. The summed E-state index contributed by atoms with van der Waals surface area (Å²) in [5.41, 5.74) is 1.83. The van der Waals surface area contributed by atoms with Gasteiger partial charge in [0.2, 0.25) is 5.95 Å². The predicted molar refractivity (Wildman–Crippen MR) is 139 cm³/mol. The number of hydrogen-bond acceptors (Lipinski definition) is 8. The molecular weight excluding hydrogens is 495 g/mol. The van der Waals surface area contributed by atoms with E-state index in [4.69, 9.17) is 16.3 Å². The fourth-order valence-electron chi connectivity index (χ4n) is 4.09. The van der Waals surface area contributed by atoms with Crippen molar-refractivity contribution in [2.75, 3.05) is 23.7 Å². The Morgan fingerprint density at radius 2 is 1.97 bits per heavy atom. The maximum absolute atomic E-state index is 14.0. The number of rotatable bonds is 8. The molecule has 5 rings (SSSR count). The zero-order valence-electron chi connectivity index (χ0n) is 19.8. The Kier molecular flexibility index (Phi) is 7.44. The Hall–Kier alpha value is -4.20. The molecular formula is C26H24ClFN8O. The number of piperidine rings is 1. The van der Waals surface area contributed by atoms with Gasteiger partial charge in [0.05, 0.1) is 29.8 Å². The van der Waals surface area contributed by atoms with Crippen LogP contribution in [0.15, 0.2) is 61.1 Å². The van der Waals surface area contributed by atoms with E-state index in [1.54, 1.807) is 42.6 Å². The van der Waals surface area contributed by atoms with Crippen LogP contribution < -0.4 is 20.7 Å². The van der Waals surface area contributed by atoms with Crippen LogP contribution in [0.1, 0.15) is 30.0 Å². The number of anilines is 4. The van der Waals surface area contributed by atoms with Gasteiger partial charge in [0.15, 0.2) is 5.82 Å². The first kappa shape index (κ1) is 24.5. The van der Waals surface area contributed by atoms with Gasteiger partial charge >= 0.3 is 0 Å². The molecule has 3 heterocycles. The van der Waals surface area contributed by atoms with Gasteiger partial charge in [0, 0.05) is 11.8 Å². The highest BCUT2D eigenvalue weighted by Gasteiger charge is 2.17. The molecule has 0 aliphatic carbocycles. The van der Waals surface area contributed by atoms with Crippen molar-refractivity contribution >= 4 is 34.7 Å². The summed E-state index contributed by atoms with van der Waals surface area (Å²) < 4.78 is 21.7. The molecule has 0 spiro atoms. The van der Waals surface area contributed by atoms with Crippen molar-refractivity contribution in [3.05, 3.63) is 83.0 Å². The zero-order valence-corrected chi connectivity index (χ0v) is 20.5. The molecule has 0 amide bonds. The van der Waals surface area contributed by atoms with E-state index in [2.05, 4.69) is 37.1 Å². The van der Waals surface area contributed by atoms with E-state index in [0.29, 0.717) is 34.8 Å². The van der Waals surface area contributed by atoms with Gasteiger partial charge in [0.1, 0.15) is 34.8 Å². The van der Waals surface area contributed by atoms with Crippen molar-refractivity contribution in [1.82, 2.24) is 25.1 Å². The van der Waals surface area contributed by atoms with Crippen LogP contribution in [0.3, 0.4) is 0 Å². The lowest BCUT2D eigenvalue weighted by Crippen LogP contribution is -2.29. The molecule has 1 fully saturated rings. The second kappa shape index (κ2) is 11.2. The number of ether oxygens (including phenoxy) is 1. The van der Waals surface area contributed by atoms with Gasteiger partial charge in [-0.25, -0.2) is 9.37 Å².